The SMILES string of the molecule is C[C@H](c1nc2ccccc2s1)N1CCN(CC(=O)Nc2ccc(CN3CCOCC3)cc2)CC1. The van der Waals surface area contributed by atoms with Crippen molar-refractivity contribution in [2.24, 2.45) is 0 Å². The van der Waals surface area contributed by atoms with E-state index in [9.17, 15) is 4.79 Å². The molecule has 0 bridgehead atoms. The number of para-hydroxylation sites is 1. The van der Waals surface area contributed by atoms with Crippen molar-refractivity contribution in [2.45, 2.75) is 19.5 Å². The van der Waals surface area contributed by atoms with E-state index in [1.165, 1.54) is 15.3 Å². The van der Waals surface area contributed by atoms with E-state index in [-0.39, 0.29) is 5.91 Å². The molecule has 0 unspecified atom stereocenters. The molecule has 2 aromatic carbocycles. The van der Waals surface area contributed by atoms with E-state index in [1.807, 2.05) is 18.2 Å². The first-order valence-electron chi connectivity index (χ1n) is 12.1. The van der Waals surface area contributed by atoms with Crippen LogP contribution in [0, 0.1) is 0 Å². The van der Waals surface area contributed by atoms with Crippen LogP contribution in [0.3, 0.4) is 0 Å². The van der Waals surface area contributed by atoms with Crippen LogP contribution in [-0.4, -0.2) is 84.6 Å². The predicted octanol–water partition coefficient (Wildman–Crippen LogP) is 3.45. The number of carbonyl (C=O) groups excluding carboxylic acids is 1. The van der Waals surface area contributed by atoms with Crippen molar-refractivity contribution in [2.75, 3.05) is 64.3 Å². The second-order valence-electron chi connectivity index (χ2n) is 9.14. The lowest BCUT2D eigenvalue weighted by Gasteiger charge is -2.37. The highest BCUT2D eigenvalue weighted by Crippen LogP contribution is 2.29. The van der Waals surface area contributed by atoms with Gasteiger partial charge in [-0.25, -0.2) is 4.98 Å². The number of nitrogens with zero attached hydrogens (tertiary/aromatic N) is 4. The standard InChI is InChI=1S/C26H33N5O2S/c1-20(26-28-23-4-2-3-5-24(23)34-26)31-12-10-29(11-13-31)19-25(32)27-22-8-6-21(7-9-22)18-30-14-16-33-17-15-30/h2-9,20H,10-19H2,1H3,(H,27,32)/t20-/m1/s1. The summed E-state index contributed by atoms with van der Waals surface area (Å²) in [6, 6.07) is 16.8. The Morgan fingerprint density at radius 1 is 1.00 bits per heavy atom. The summed E-state index contributed by atoms with van der Waals surface area (Å²) in [6.45, 7) is 10.8. The summed E-state index contributed by atoms with van der Waals surface area (Å²) in [5.74, 6) is 0.0496. The lowest BCUT2D eigenvalue weighted by atomic mass is 10.2. The lowest BCUT2D eigenvalue weighted by molar-refractivity contribution is -0.117. The van der Waals surface area contributed by atoms with Gasteiger partial charge in [0.15, 0.2) is 0 Å². The molecule has 1 atom stereocenters. The number of benzene rings is 2. The molecule has 180 valence electrons. The zero-order chi connectivity index (χ0) is 23.3. The quantitative estimate of drug-likeness (QED) is 0.560. The molecular weight excluding hydrogens is 446 g/mol. The fraction of sp³-hybridized carbons (Fsp3) is 0.462. The van der Waals surface area contributed by atoms with E-state index in [0.29, 0.717) is 12.6 Å². The third-order valence-electron chi connectivity index (χ3n) is 6.74. The summed E-state index contributed by atoms with van der Waals surface area (Å²) in [4.78, 5) is 24.6. The summed E-state index contributed by atoms with van der Waals surface area (Å²) in [5.41, 5.74) is 3.20. The molecule has 2 aliphatic rings. The zero-order valence-electron chi connectivity index (χ0n) is 19.8. The number of morpholine rings is 1. The predicted molar refractivity (Wildman–Crippen MR) is 137 cm³/mol. The van der Waals surface area contributed by atoms with Crippen LogP contribution in [-0.2, 0) is 16.1 Å². The second-order valence-corrected chi connectivity index (χ2v) is 10.2. The molecule has 7 nitrogen and oxygen atoms in total. The monoisotopic (exact) mass is 479 g/mol. The number of hydrogen-bond acceptors (Lipinski definition) is 7. The molecule has 2 fully saturated rings. The van der Waals surface area contributed by atoms with Gasteiger partial charge in [-0.15, -0.1) is 11.3 Å². The smallest absolute Gasteiger partial charge is 0.238 e. The third-order valence-corrected chi connectivity index (χ3v) is 7.94. The van der Waals surface area contributed by atoms with Gasteiger partial charge in [0.05, 0.1) is 36.0 Å². The maximum atomic E-state index is 12.6. The summed E-state index contributed by atoms with van der Waals surface area (Å²) in [7, 11) is 0. The fourth-order valence-corrected chi connectivity index (χ4v) is 5.70. The van der Waals surface area contributed by atoms with Crippen LogP contribution in [0.5, 0.6) is 0 Å². The van der Waals surface area contributed by atoms with Crippen LogP contribution < -0.4 is 5.32 Å². The molecule has 1 N–H and O–H groups in total. The molecule has 1 aromatic heterocycles. The number of fused-ring (bicyclic) bond motifs is 1. The lowest BCUT2D eigenvalue weighted by Crippen LogP contribution is -2.49. The first kappa shape index (κ1) is 23.4. The van der Waals surface area contributed by atoms with Crippen molar-refractivity contribution in [1.82, 2.24) is 19.7 Å². The van der Waals surface area contributed by atoms with Gasteiger partial charge in [0.2, 0.25) is 5.91 Å². The molecule has 34 heavy (non-hydrogen) atoms. The number of amides is 1. The molecule has 2 saturated heterocycles. The highest BCUT2D eigenvalue weighted by Gasteiger charge is 2.25. The van der Waals surface area contributed by atoms with E-state index >= 15 is 0 Å². The van der Waals surface area contributed by atoms with Gasteiger partial charge < -0.3 is 10.1 Å². The first-order valence-corrected chi connectivity index (χ1v) is 13.0. The van der Waals surface area contributed by atoms with Crippen LogP contribution in [0.2, 0.25) is 0 Å². The van der Waals surface area contributed by atoms with Crippen molar-refractivity contribution < 1.29 is 9.53 Å². The van der Waals surface area contributed by atoms with Crippen LogP contribution >= 0.6 is 11.3 Å². The molecule has 0 spiro atoms. The molecular formula is C26H33N5O2S. The minimum absolute atomic E-state index is 0.0496. The Bertz CT molecular complexity index is 1060. The number of rotatable bonds is 7. The van der Waals surface area contributed by atoms with Crippen molar-refractivity contribution >= 4 is 33.1 Å². The molecule has 0 radical (unpaired) electrons. The minimum atomic E-state index is 0.0496. The van der Waals surface area contributed by atoms with E-state index < -0.39 is 0 Å². The molecule has 0 aliphatic carbocycles. The van der Waals surface area contributed by atoms with Gasteiger partial charge in [-0.2, -0.15) is 0 Å². The van der Waals surface area contributed by atoms with E-state index in [0.717, 1.165) is 70.2 Å². The Morgan fingerprint density at radius 2 is 1.74 bits per heavy atom. The number of nitrogens with one attached hydrogen (secondary N) is 1. The molecule has 3 aromatic rings. The highest BCUT2D eigenvalue weighted by atomic mass is 32.1. The minimum Gasteiger partial charge on any atom is -0.379 e. The number of piperazine rings is 1. The van der Waals surface area contributed by atoms with E-state index in [1.54, 1.807) is 11.3 Å². The van der Waals surface area contributed by atoms with Gasteiger partial charge in [0, 0.05) is 51.5 Å². The van der Waals surface area contributed by atoms with Gasteiger partial charge in [-0.3, -0.25) is 19.5 Å². The molecule has 5 rings (SSSR count). The number of anilines is 1. The van der Waals surface area contributed by atoms with Crippen LogP contribution in [0.15, 0.2) is 48.5 Å². The number of thiazole rings is 1. The largest absolute Gasteiger partial charge is 0.379 e. The molecule has 2 aliphatic heterocycles. The Hall–Kier alpha value is -2.36. The topological polar surface area (TPSA) is 60.9 Å². The summed E-state index contributed by atoms with van der Waals surface area (Å²) >= 11 is 1.78. The van der Waals surface area contributed by atoms with Crippen molar-refractivity contribution in [3.63, 3.8) is 0 Å². The van der Waals surface area contributed by atoms with Crippen molar-refractivity contribution in [3.8, 4) is 0 Å². The maximum absolute atomic E-state index is 12.6. The van der Waals surface area contributed by atoms with Crippen LogP contribution in [0.1, 0.15) is 23.5 Å². The summed E-state index contributed by atoms with van der Waals surface area (Å²) in [6.07, 6.45) is 0. The van der Waals surface area contributed by atoms with Crippen molar-refractivity contribution in [3.05, 3.63) is 59.1 Å². The average molecular weight is 480 g/mol. The summed E-state index contributed by atoms with van der Waals surface area (Å²) in [5, 5.41) is 4.23. The Morgan fingerprint density at radius 3 is 2.47 bits per heavy atom. The first-order chi connectivity index (χ1) is 16.6. The normalized spacial score (nSPS) is 19.3. The van der Waals surface area contributed by atoms with E-state index in [2.05, 4.69) is 57.3 Å². The molecule has 8 heteroatoms. The Balaban J connectivity index is 1.07. The molecule has 1 amide bonds. The van der Waals surface area contributed by atoms with Gasteiger partial charge in [-0.1, -0.05) is 24.3 Å². The van der Waals surface area contributed by atoms with Crippen LogP contribution in [0.25, 0.3) is 10.2 Å². The Kier molecular flexibility index (Phi) is 7.51. The third kappa shape index (κ3) is 5.82. The highest BCUT2D eigenvalue weighted by molar-refractivity contribution is 7.18. The number of carbonyl (C=O) groups is 1. The molecule has 0 saturated carbocycles. The van der Waals surface area contributed by atoms with Crippen molar-refractivity contribution in [1.29, 1.82) is 0 Å². The fourth-order valence-electron chi connectivity index (χ4n) is 4.65. The van der Waals surface area contributed by atoms with Gasteiger partial charge in [0.1, 0.15) is 5.01 Å². The number of aromatic nitrogens is 1. The maximum Gasteiger partial charge on any atom is 0.238 e. The number of hydrogen-bond donors (Lipinski definition) is 1. The van der Waals surface area contributed by atoms with Gasteiger partial charge in [0.25, 0.3) is 0 Å². The average Bonchev–Trinajstić information content (AvgIpc) is 3.30. The zero-order valence-corrected chi connectivity index (χ0v) is 20.6. The summed E-state index contributed by atoms with van der Waals surface area (Å²) < 4.78 is 6.66. The van der Waals surface area contributed by atoms with Gasteiger partial charge >= 0.3 is 0 Å². The number of ether oxygens (including phenoxy) is 1. The van der Waals surface area contributed by atoms with Gasteiger partial charge in [-0.05, 0) is 36.8 Å². The van der Waals surface area contributed by atoms with Crippen LogP contribution in [0.4, 0.5) is 5.69 Å². The molecule has 3 heterocycles. The van der Waals surface area contributed by atoms with E-state index in [4.69, 9.17) is 9.72 Å². The Labute approximate surface area is 205 Å². The second kappa shape index (κ2) is 10.9.